The molecule has 0 atom stereocenters. The minimum absolute atomic E-state index is 0.0161. The van der Waals surface area contributed by atoms with Crippen molar-refractivity contribution in [2.24, 2.45) is 5.41 Å². The number of rotatable bonds is 8. The SMILES string of the molecule is CCCC(C#N)(CCC)C(=O)N(C)C(CC)CC. The van der Waals surface area contributed by atoms with Gasteiger partial charge in [0.15, 0.2) is 0 Å². The molecule has 0 aliphatic carbocycles. The number of amides is 1. The van der Waals surface area contributed by atoms with Crippen molar-refractivity contribution in [3.8, 4) is 6.07 Å². The Kier molecular flexibility index (Phi) is 7.66. The first kappa shape index (κ1) is 17.0. The normalized spacial score (nSPS) is 11.4. The van der Waals surface area contributed by atoms with Gasteiger partial charge in [-0.1, -0.05) is 40.5 Å². The Bertz CT molecular complexity index is 283. The molecule has 0 saturated heterocycles. The Morgan fingerprint density at radius 2 is 1.61 bits per heavy atom. The van der Waals surface area contributed by atoms with Crippen LogP contribution in [0.5, 0.6) is 0 Å². The molecule has 18 heavy (non-hydrogen) atoms. The number of nitriles is 1. The van der Waals surface area contributed by atoms with Gasteiger partial charge in [-0.2, -0.15) is 5.26 Å². The average Bonchev–Trinajstić information content (AvgIpc) is 2.38. The van der Waals surface area contributed by atoms with Crippen molar-refractivity contribution in [1.29, 1.82) is 5.26 Å². The zero-order valence-electron chi connectivity index (χ0n) is 12.6. The summed E-state index contributed by atoms with van der Waals surface area (Å²) in [7, 11) is 1.84. The number of carbonyl (C=O) groups is 1. The minimum Gasteiger partial charge on any atom is -0.341 e. The van der Waals surface area contributed by atoms with E-state index < -0.39 is 5.41 Å². The zero-order valence-corrected chi connectivity index (χ0v) is 12.6. The van der Waals surface area contributed by atoms with Crippen LogP contribution < -0.4 is 0 Å². The number of hydrogen-bond acceptors (Lipinski definition) is 2. The summed E-state index contributed by atoms with van der Waals surface area (Å²) in [6.45, 7) is 8.25. The van der Waals surface area contributed by atoms with Crippen LogP contribution in [0.3, 0.4) is 0 Å². The van der Waals surface area contributed by atoms with Crippen LogP contribution in [0.4, 0.5) is 0 Å². The van der Waals surface area contributed by atoms with Gasteiger partial charge in [0.1, 0.15) is 5.41 Å². The second-order valence-corrected chi connectivity index (χ2v) is 5.08. The third-order valence-electron chi connectivity index (χ3n) is 3.79. The highest BCUT2D eigenvalue weighted by molar-refractivity contribution is 5.85. The van der Waals surface area contributed by atoms with Gasteiger partial charge in [-0.05, 0) is 25.7 Å². The molecular weight excluding hydrogens is 224 g/mol. The second-order valence-electron chi connectivity index (χ2n) is 5.08. The molecule has 0 aliphatic heterocycles. The first-order chi connectivity index (χ1) is 8.52. The highest BCUT2D eigenvalue weighted by atomic mass is 16.2. The van der Waals surface area contributed by atoms with Crippen molar-refractivity contribution in [1.82, 2.24) is 4.90 Å². The van der Waals surface area contributed by atoms with Gasteiger partial charge in [0.25, 0.3) is 0 Å². The fourth-order valence-electron chi connectivity index (χ4n) is 2.69. The molecular formula is C15H28N2O. The first-order valence-electron chi connectivity index (χ1n) is 7.21. The Labute approximate surface area is 112 Å². The summed E-state index contributed by atoms with van der Waals surface area (Å²) in [5, 5.41) is 9.49. The molecule has 0 bridgehead atoms. The Morgan fingerprint density at radius 3 is 1.89 bits per heavy atom. The summed E-state index contributed by atoms with van der Waals surface area (Å²) < 4.78 is 0. The van der Waals surface area contributed by atoms with Crippen LogP contribution in [0.25, 0.3) is 0 Å². The maximum absolute atomic E-state index is 12.6. The van der Waals surface area contributed by atoms with Gasteiger partial charge in [-0.15, -0.1) is 0 Å². The summed E-state index contributed by atoms with van der Waals surface area (Å²) >= 11 is 0. The maximum Gasteiger partial charge on any atom is 0.243 e. The molecule has 0 N–H and O–H groups in total. The van der Waals surface area contributed by atoms with E-state index in [9.17, 15) is 10.1 Å². The molecule has 0 rings (SSSR count). The van der Waals surface area contributed by atoms with Gasteiger partial charge in [-0.25, -0.2) is 0 Å². The lowest BCUT2D eigenvalue weighted by Crippen LogP contribution is -2.46. The van der Waals surface area contributed by atoms with E-state index in [0.29, 0.717) is 12.8 Å². The summed E-state index contributed by atoms with van der Waals surface area (Å²) in [5.41, 5.74) is -0.805. The van der Waals surface area contributed by atoms with Crippen LogP contribution in [0.2, 0.25) is 0 Å². The number of nitrogens with zero attached hydrogens (tertiary/aromatic N) is 2. The molecule has 0 saturated carbocycles. The maximum atomic E-state index is 12.6. The van der Waals surface area contributed by atoms with Crippen molar-refractivity contribution in [3.05, 3.63) is 0 Å². The van der Waals surface area contributed by atoms with Crippen molar-refractivity contribution in [3.63, 3.8) is 0 Å². The quantitative estimate of drug-likeness (QED) is 0.660. The molecule has 0 aromatic rings. The molecule has 0 unspecified atom stereocenters. The van der Waals surface area contributed by atoms with E-state index in [1.54, 1.807) is 4.90 Å². The predicted octanol–water partition coefficient (Wildman–Crippen LogP) is 3.74. The molecule has 0 aliphatic rings. The Hall–Kier alpha value is -1.04. The molecule has 0 fully saturated rings. The van der Waals surface area contributed by atoms with Crippen LogP contribution in [0.15, 0.2) is 0 Å². The molecule has 0 radical (unpaired) electrons. The zero-order chi connectivity index (χ0) is 14.2. The largest absolute Gasteiger partial charge is 0.341 e. The van der Waals surface area contributed by atoms with Crippen LogP contribution in [0, 0.1) is 16.7 Å². The highest BCUT2D eigenvalue weighted by Crippen LogP contribution is 2.32. The van der Waals surface area contributed by atoms with Crippen LogP contribution >= 0.6 is 0 Å². The van der Waals surface area contributed by atoms with Gasteiger partial charge in [0.05, 0.1) is 6.07 Å². The highest BCUT2D eigenvalue weighted by Gasteiger charge is 2.40. The van der Waals surface area contributed by atoms with Gasteiger partial charge in [-0.3, -0.25) is 4.79 Å². The molecule has 3 nitrogen and oxygen atoms in total. The average molecular weight is 252 g/mol. The number of carbonyl (C=O) groups excluding carboxylic acids is 1. The molecule has 0 aromatic carbocycles. The molecule has 0 spiro atoms. The fraction of sp³-hybridized carbons (Fsp3) is 0.867. The summed E-state index contributed by atoms with van der Waals surface area (Å²) in [6.07, 6.45) is 4.96. The van der Waals surface area contributed by atoms with Gasteiger partial charge < -0.3 is 4.90 Å². The first-order valence-corrected chi connectivity index (χ1v) is 7.21. The second kappa shape index (κ2) is 8.13. The lowest BCUT2D eigenvalue weighted by Gasteiger charge is -2.34. The van der Waals surface area contributed by atoms with Crippen molar-refractivity contribution >= 4 is 5.91 Å². The van der Waals surface area contributed by atoms with Gasteiger partial charge >= 0.3 is 0 Å². The topological polar surface area (TPSA) is 44.1 Å². The van der Waals surface area contributed by atoms with Crippen LogP contribution in [0.1, 0.15) is 66.2 Å². The summed E-state index contributed by atoms with van der Waals surface area (Å²) in [4.78, 5) is 14.4. The third kappa shape index (κ3) is 3.73. The monoisotopic (exact) mass is 252 g/mol. The minimum atomic E-state index is -0.805. The fourth-order valence-corrected chi connectivity index (χ4v) is 2.69. The lowest BCUT2D eigenvalue weighted by atomic mass is 9.79. The predicted molar refractivity (Wildman–Crippen MR) is 75.0 cm³/mol. The molecule has 3 heteroatoms. The van der Waals surface area contributed by atoms with E-state index >= 15 is 0 Å². The molecule has 0 aromatic heterocycles. The van der Waals surface area contributed by atoms with E-state index in [4.69, 9.17) is 0 Å². The summed E-state index contributed by atoms with van der Waals surface area (Å²) in [5.74, 6) is 0.0161. The smallest absolute Gasteiger partial charge is 0.243 e. The Morgan fingerprint density at radius 1 is 1.17 bits per heavy atom. The van der Waals surface area contributed by atoms with Crippen LogP contribution in [-0.4, -0.2) is 23.9 Å². The van der Waals surface area contributed by atoms with Gasteiger partial charge in [0, 0.05) is 13.1 Å². The molecule has 104 valence electrons. The molecule has 0 heterocycles. The van der Waals surface area contributed by atoms with Crippen molar-refractivity contribution in [2.75, 3.05) is 7.05 Å². The summed E-state index contributed by atoms with van der Waals surface area (Å²) in [6, 6.07) is 2.56. The van der Waals surface area contributed by atoms with Crippen LogP contribution in [-0.2, 0) is 4.79 Å². The van der Waals surface area contributed by atoms with Crippen molar-refractivity contribution in [2.45, 2.75) is 72.3 Å². The standard InChI is InChI=1S/C15H28N2O/c1-6-10-15(12-16,11-7-2)14(18)17(5)13(8-3)9-4/h13H,6-11H2,1-5H3. The van der Waals surface area contributed by atoms with E-state index in [1.165, 1.54) is 0 Å². The molecule has 1 amide bonds. The van der Waals surface area contributed by atoms with E-state index in [1.807, 2.05) is 20.9 Å². The third-order valence-corrected chi connectivity index (χ3v) is 3.79. The van der Waals surface area contributed by atoms with E-state index in [-0.39, 0.29) is 11.9 Å². The Balaban J connectivity index is 5.12. The van der Waals surface area contributed by atoms with Crippen molar-refractivity contribution < 1.29 is 4.79 Å². The van der Waals surface area contributed by atoms with E-state index in [2.05, 4.69) is 19.9 Å². The van der Waals surface area contributed by atoms with Gasteiger partial charge in [0.2, 0.25) is 5.91 Å². The lowest BCUT2D eigenvalue weighted by molar-refractivity contribution is -0.140. The van der Waals surface area contributed by atoms with E-state index in [0.717, 1.165) is 25.7 Å². The number of hydrogen-bond donors (Lipinski definition) is 0.